The topological polar surface area (TPSA) is 59.5 Å². The molecule has 0 aliphatic rings. The van der Waals surface area contributed by atoms with E-state index in [2.05, 4.69) is 24.0 Å². The van der Waals surface area contributed by atoms with Crippen molar-refractivity contribution in [1.82, 2.24) is 4.37 Å². The third-order valence-electron chi connectivity index (χ3n) is 3.42. The lowest BCUT2D eigenvalue weighted by Gasteiger charge is -2.24. The highest BCUT2D eigenvalue weighted by atomic mass is 32.2. The van der Waals surface area contributed by atoms with Crippen LogP contribution in [0.3, 0.4) is 0 Å². The molecule has 0 saturated carbocycles. The van der Waals surface area contributed by atoms with Crippen LogP contribution in [0.5, 0.6) is 0 Å². The highest BCUT2D eigenvalue weighted by Crippen LogP contribution is 2.28. The van der Waals surface area contributed by atoms with Crippen LogP contribution in [0.15, 0.2) is 28.6 Å². The molecule has 1 heterocycles. The van der Waals surface area contributed by atoms with Gasteiger partial charge in [0.25, 0.3) is 10.0 Å². The molecule has 26 heavy (non-hydrogen) atoms. The second-order valence-corrected chi connectivity index (χ2v) is 14.9. The van der Waals surface area contributed by atoms with E-state index >= 15 is 0 Å². The summed E-state index contributed by atoms with van der Waals surface area (Å²) in [5.41, 5.74) is 0.117. The predicted molar refractivity (Wildman–Crippen MR) is 97.1 cm³/mol. The van der Waals surface area contributed by atoms with Crippen LogP contribution >= 0.6 is 11.5 Å². The molecule has 0 atom stereocenters. The van der Waals surface area contributed by atoms with Crippen LogP contribution in [0, 0.1) is 17.5 Å². The maximum absolute atomic E-state index is 14.0. The molecular weight excluding hydrogens is 405 g/mol. The third-order valence-corrected chi connectivity index (χ3v) is 7.50. The first-order valence-electron chi connectivity index (χ1n) is 7.67. The van der Waals surface area contributed by atoms with Crippen molar-refractivity contribution in [2.75, 3.05) is 17.6 Å². The Morgan fingerprint density at radius 1 is 1.19 bits per heavy atom. The van der Waals surface area contributed by atoms with E-state index in [1.54, 1.807) is 0 Å². The number of halogens is 3. The first-order valence-corrected chi connectivity index (χ1v) is 13.6. The van der Waals surface area contributed by atoms with E-state index in [4.69, 9.17) is 4.74 Å². The molecule has 0 unspecified atom stereocenters. The van der Waals surface area contributed by atoms with Crippen LogP contribution in [-0.4, -0.2) is 34.2 Å². The van der Waals surface area contributed by atoms with Gasteiger partial charge in [-0.3, -0.25) is 0 Å². The van der Waals surface area contributed by atoms with Gasteiger partial charge in [0.15, 0.2) is 4.90 Å². The Labute approximate surface area is 155 Å². The fraction of sp³-hybridized carbons (Fsp3) is 0.400. The molecule has 0 spiro atoms. The number of nitrogens with zero attached hydrogens (tertiary/aromatic N) is 2. The molecule has 0 radical (unpaired) electrons. The van der Waals surface area contributed by atoms with Gasteiger partial charge in [-0.1, -0.05) is 19.6 Å². The van der Waals surface area contributed by atoms with Gasteiger partial charge in [-0.25, -0.2) is 25.9 Å². The van der Waals surface area contributed by atoms with Crippen molar-refractivity contribution < 1.29 is 26.3 Å². The van der Waals surface area contributed by atoms with Gasteiger partial charge in [0.05, 0.1) is 11.9 Å². The Hall–Kier alpha value is -1.43. The first-order chi connectivity index (χ1) is 12.0. The number of ether oxygens (including phenoxy) is 1. The highest BCUT2D eigenvalue weighted by Gasteiger charge is 2.32. The molecule has 0 saturated heterocycles. The maximum Gasteiger partial charge on any atom is 0.272 e. The molecular formula is C15H19F3N2O3S2Si. The molecule has 11 heteroatoms. The third kappa shape index (κ3) is 5.06. The maximum atomic E-state index is 14.0. The quantitative estimate of drug-likeness (QED) is 0.364. The number of benzene rings is 1. The lowest BCUT2D eigenvalue weighted by molar-refractivity contribution is 0.156. The highest BCUT2D eigenvalue weighted by molar-refractivity contribution is 7.92. The average molecular weight is 425 g/mol. The minimum atomic E-state index is -4.65. The summed E-state index contributed by atoms with van der Waals surface area (Å²) in [6.45, 7) is 6.29. The SMILES string of the molecule is C[Si](C)(C)CCOCN(c1cnsc1)S(=O)(=O)c1c(F)cc(F)cc1F. The number of hydrogen-bond acceptors (Lipinski definition) is 5. The lowest BCUT2D eigenvalue weighted by Crippen LogP contribution is -2.35. The molecule has 0 aliphatic carbocycles. The van der Waals surface area contributed by atoms with Gasteiger partial charge in [0.2, 0.25) is 0 Å². The normalized spacial score (nSPS) is 12.4. The van der Waals surface area contributed by atoms with E-state index in [1.807, 2.05) is 0 Å². The van der Waals surface area contributed by atoms with Crippen LogP contribution < -0.4 is 4.31 Å². The largest absolute Gasteiger partial charge is 0.360 e. The number of hydrogen-bond donors (Lipinski definition) is 0. The van der Waals surface area contributed by atoms with Crippen LogP contribution in [0.4, 0.5) is 18.9 Å². The van der Waals surface area contributed by atoms with Crippen molar-refractivity contribution in [3.8, 4) is 0 Å². The molecule has 5 nitrogen and oxygen atoms in total. The lowest BCUT2D eigenvalue weighted by atomic mass is 10.3. The zero-order valence-electron chi connectivity index (χ0n) is 14.5. The summed E-state index contributed by atoms with van der Waals surface area (Å²) >= 11 is 0.981. The monoisotopic (exact) mass is 424 g/mol. The standard InChI is InChI=1S/C15H19F3N2O3S2Si/c1-26(2,3)5-4-23-10-20(12-8-19-24-9-12)25(21,22)15-13(17)6-11(16)7-14(15)18/h6-9H,4-5,10H2,1-3H3. The molecule has 0 aliphatic heterocycles. The number of aromatic nitrogens is 1. The number of sulfonamides is 1. The minimum absolute atomic E-state index is 0.117. The van der Waals surface area contributed by atoms with Crippen molar-refractivity contribution in [3.05, 3.63) is 41.2 Å². The molecule has 0 amide bonds. The van der Waals surface area contributed by atoms with Crippen LogP contribution in [-0.2, 0) is 14.8 Å². The van der Waals surface area contributed by atoms with E-state index in [1.165, 1.54) is 11.6 Å². The van der Waals surface area contributed by atoms with E-state index < -0.39 is 47.2 Å². The van der Waals surface area contributed by atoms with Crippen molar-refractivity contribution in [1.29, 1.82) is 0 Å². The van der Waals surface area contributed by atoms with Gasteiger partial charge in [-0.15, -0.1) is 0 Å². The van der Waals surface area contributed by atoms with Crippen molar-refractivity contribution in [2.45, 2.75) is 30.6 Å². The van der Waals surface area contributed by atoms with Gasteiger partial charge in [-0.05, 0) is 17.6 Å². The molecule has 2 rings (SSSR count). The Morgan fingerprint density at radius 3 is 2.31 bits per heavy atom. The van der Waals surface area contributed by atoms with E-state index in [-0.39, 0.29) is 5.69 Å². The van der Waals surface area contributed by atoms with Gasteiger partial charge >= 0.3 is 0 Å². The van der Waals surface area contributed by atoms with Crippen molar-refractivity contribution in [3.63, 3.8) is 0 Å². The van der Waals surface area contributed by atoms with Crippen molar-refractivity contribution in [2.24, 2.45) is 0 Å². The van der Waals surface area contributed by atoms with E-state index in [0.29, 0.717) is 18.7 Å². The fourth-order valence-electron chi connectivity index (χ4n) is 2.02. The smallest absolute Gasteiger partial charge is 0.272 e. The predicted octanol–water partition coefficient (Wildman–Crippen LogP) is 4.07. The first kappa shape index (κ1) is 20.9. The summed E-state index contributed by atoms with van der Waals surface area (Å²) in [6, 6.07) is 1.44. The van der Waals surface area contributed by atoms with Gasteiger partial charge in [0, 0.05) is 32.2 Å². The summed E-state index contributed by atoms with van der Waals surface area (Å²) < 4.78 is 76.7. The Bertz CT molecular complexity index is 833. The summed E-state index contributed by atoms with van der Waals surface area (Å²) in [4.78, 5) is -1.22. The Morgan fingerprint density at radius 2 is 1.81 bits per heavy atom. The number of anilines is 1. The molecule has 1 aromatic carbocycles. The van der Waals surface area contributed by atoms with Crippen LogP contribution in [0.1, 0.15) is 0 Å². The van der Waals surface area contributed by atoms with Crippen molar-refractivity contribution >= 4 is 35.3 Å². The second kappa shape index (κ2) is 8.07. The average Bonchev–Trinajstić information content (AvgIpc) is 2.97. The zero-order chi connectivity index (χ0) is 19.5. The molecule has 2 aromatic rings. The van der Waals surface area contributed by atoms with Gasteiger partial charge in [-0.2, -0.15) is 4.37 Å². The number of rotatable bonds is 8. The molecule has 0 N–H and O–H groups in total. The van der Waals surface area contributed by atoms with Crippen LogP contribution in [0.2, 0.25) is 25.7 Å². The van der Waals surface area contributed by atoms with E-state index in [0.717, 1.165) is 21.9 Å². The summed E-state index contributed by atoms with van der Waals surface area (Å²) in [5, 5.41) is 1.42. The van der Waals surface area contributed by atoms with Gasteiger partial charge < -0.3 is 4.74 Å². The fourth-order valence-corrected chi connectivity index (χ4v) is 4.79. The van der Waals surface area contributed by atoms with E-state index in [9.17, 15) is 21.6 Å². The van der Waals surface area contributed by atoms with Crippen LogP contribution in [0.25, 0.3) is 0 Å². The zero-order valence-corrected chi connectivity index (χ0v) is 17.1. The summed E-state index contributed by atoms with van der Waals surface area (Å²) in [5.74, 6) is -4.20. The summed E-state index contributed by atoms with van der Waals surface area (Å²) in [7, 11) is -6.04. The summed E-state index contributed by atoms with van der Waals surface area (Å²) in [6.07, 6.45) is 1.25. The Kier molecular flexibility index (Phi) is 6.48. The molecule has 0 bridgehead atoms. The minimum Gasteiger partial charge on any atom is -0.360 e. The molecule has 1 aromatic heterocycles. The van der Waals surface area contributed by atoms with Gasteiger partial charge in [0.1, 0.15) is 24.2 Å². The second-order valence-electron chi connectivity index (χ2n) is 6.78. The molecule has 144 valence electrons. The molecule has 0 fully saturated rings. The Balaban J connectivity index is 2.33.